The molecule has 0 aliphatic rings. The molecule has 0 aliphatic heterocycles. The summed E-state index contributed by atoms with van der Waals surface area (Å²) in [6, 6.07) is 9.12. The minimum absolute atomic E-state index is 0.232. The summed E-state index contributed by atoms with van der Waals surface area (Å²) in [5, 5.41) is 1.80. The Hall–Kier alpha value is -1.46. The highest BCUT2D eigenvalue weighted by molar-refractivity contribution is 7.80. The molecule has 0 radical (unpaired) electrons. The molecule has 0 fully saturated rings. The number of methoxy groups -OCH3 is 1. The molecule has 0 bridgehead atoms. The summed E-state index contributed by atoms with van der Waals surface area (Å²) in [5.74, 6) is 0.417. The van der Waals surface area contributed by atoms with Gasteiger partial charge in [0.1, 0.15) is 17.2 Å². The molecular weight excluding hydrogens is 268 g/mol. The Kier molecular flexibility index (Phi) is 4.28. The summed E-state index contributed by atoms with van der Waals surface area (Å²) < 4.78 is 10.3. The average molecular weight is 280 g/mol. The zero-order valence-corrected chi connectivity index (χ0v) is 11.5. The average Bonchev–Trinajstić information content (AvgIpc) is 2.83. The van der Waals surface area contributed by atoms with Crippen molar-refractivity contribution >= 4 is 29.9 Å². The highest BCUT2D eigenvalue weighted by Gasteiger charge is 2.09. The van der Waals surface area contributed by atoms with Gasteiger partial charge in [-0.05, 0) is 23.8 Å². The van der Waals surface area contributed by atoms with Gasteiger partial charge in [-0.1, -0.05) is 12.1 Å². The molecule has 0 aliphatic carbocycles. The van der Waals surface area contributed by atoms with Gasteiger partial charge in [-0.2, -0.15) is 0 Å². The van der Waals surface area contributed by atoms with Crippen LogP contribution in [0.3, 0.4) is 0 Å². The number of benzene rings is 1. The minimum Gasteiger partial charge on any atom is -0.497 e. The highest BCUT2D eigenvalue weighted by atomic mass is 32.1. The van der Waals surface area contributed by atoms with E-state index in [1.807, 2.05) is 24.3 Å². The van der Waals surface area contributed by atoms with Crippen molar-refractivity contribution in [1.82, 2.24) is 0 Å². The number of ether oxygens (including phenoxy) is 2. The summed E-state index contributed by atoms with van der Waals surface area (Å²) in [7, 11) is 1.60. The first-order chi connectivity index (χ1) is 8.69. The molecule has 0 unspecified atom stereocenters. The third-order valence-corrected chi connectivity index (χ3v) is 3.63. The van der Waals surface area contributed by atoms with Gasteiger partial charge >= 0.3 is 5.97 Å². The van der Waals surface area contributed by atoms with Gasteiger partial charge < -0.3 is 9.47 Å². The Morgan fingerprint density at radius 3 is 2.89 bits per heavy atom. The van der Waals surface area contributed by atoms with Gasteiger partial charge in [-0.25, -0.2) is 4.79 Å². The fourth-order valence-electron chi connectivity index (χ4n) is 1.42. The number of hydrogen-bond donors (Lipinski definition) is 1. The van der Waals surface area contributed by atoms with Crippen LogP contribution in [0.25, 0.3) is 0 Å². The van der Waals surface area contributed by atoms with Crippen LogP contribution in [0.1, 0.15) is 15.2 Å². The van der Waals surface area contributed by atoms with Crippen LogP contribution in [0.2, 0.25) is 0 Å². The number of thiophene rings is 1. The predicted octanol–water partition coefficient (Wildman–Crippen LogP) is 3.40. The van der Waals surface area contributed by atoms with Crippen LogP contribution in [0.5, 0.6) is 5.75 Å². The molecule has 1 aromatic carbocycles. The molecular formula is C13H12O3S2. The van der Waals surface area contributed by atoms with Gasteiger partial charge in [0, 0.05) is 10.3 Å². The van der Waals surface area contributed by atoms with Crippen LogP contribution in [0, 0.1) is 0 Å². The molecule has 0 saturated carbocycles. The summed E-state index contributed by atoms with van der Waals surface area (Å²) in [4.78, 5) is 13.0. The SMILES string of the molecule is COc1cccc(COC(=O)c2cc(S)cs2)c1. The monoisotopic (exact) mass is 280 g/mol. The lowest BCUT2D eigenvalue weighted by atomic mass is 10.2. The van der Waals surface area contributed by atoms with E-state index in [0.29, 0.717) is 4.88 Å². The number of rotatable bonds is 4. The molecule has 0 atom stereocenters. The van der Waals surface area contributed by atoms with Crippen LogP contribution in [0.15, 0.2) is 40.6 Å². The summed E-state index contributed by atoms with van der Waals surface area (Å²) in [5.41, 5.74) is 0.894. The third-order valence-electron chi connectivity index (χ3n) is 2.29. The van der Waals surface area contributed by atoms with E-state index in [0.717, 1.165) is 16.2 Å². The Labute approximate surface area is 115 Å². The van der Waals surface area contributed by atoms with E-state index in [4.69, 9.17) is 9.47 Å². The molecule has 2 rings (SSSR count). The molecule has 2 aromatic rings. The largest absolute Gasteiger partial charge is 0.497 e. The predicted molar refractivity (Wildman–Crippen MR) is 73.7 cm³/mol. The second-order valence-corrected chi connectivity index (χ2v) is 5.02. The minimum atomic E-state index is -0.330. The number of carbonyl (C=O) groups is 1. The van der Waals surface area contributed by atoms with Crippen molar-refractivity contribution in [3.8, 4) is 5.75 Å². The van der Waals surface area contributed by atoms with E-state index >= 15 is 0 Å². The molecule has 5 heteroatoms. The van der Waals surface area contributed by atoms with E-state index in [2.05, 4.69) is 12.6 Å². The normalized spacial score (nSPS) is 10.1. The number of thiol groups is 1. The van der Waals surface area contributed by atoms with Crippen molar-refractivity contribution in [3.63, 3.8) is 0 Å². The maximum absolute atomic E-state index is 11.7. The number of carbonyl (C=O) groups excluding carboxylic acids is 1. The topological polar surface area (TPSA) is 35.5 Å². The molecule has 1 aromatic heterocycles. The first-order valence-corrected chi connectivity index (χ1v) is 6.59. The fraction of sp³-hybridized carbons (Fsp3) is 0.154. The van der Waals surface area contributed by atoms with Crippen LogP contribution < -0.4 is 4.74 Å². The molecule has 1 heterocycles. The first kappa shape index (κ1) is 13.0. The molecule has 3 nitrogen and oxygen atoms in total. The van der Waals surface area contributed by atoms with Crippen LogP contribution in [-0.4, -0.2) is 13.1 Å². The second-order valence-electron chi connectivity index (χ2n) is 3.60. The van der Waals surface area contributed by atoms with Crippen molar-refractivity contribution in [2.75, 3.05) is 7.11 Å². The van der Waals surface area contributed by atoms with Gasteiger partial charge in [-0.15, -0.1) is 24.0 Å². The zero-order chi connectivity index (χ0) is 13.0. The molecule has 0 amide bonds. The Bertz CT molecular complexity index is 549. The molecule has 0 saturated heterocycles. The number of esters is 1. The van der Waals surface area contributed by atoms with Gasteiger partial charge in [0.15, 0.2) is 0 Å². The molecule has 94 valence electrons. The lowest BCUT2D eigenvalue weighted by Crippen LogP contribution is -2.03. The van der Waals surface area contributed by atoms with Crippen molar-refractivity contribution in [3.05, 3.63) is 46.2 Å². The smallest absolute Gasteiger partial charge is 0.348 e. The molecule has 0 spiro atoms. The van der Waals surface area contributed by atoms with Crippen molar-refractivity contribution in [2.45, 2.75) is 11.5 Å². The molecule has 18 heavy (non-hydrogen) atoms. The Morgan fingerprint density at radius 2 is 2.22 bits per heavy atom. The van der Waals surface area contributed by atoms with Gasteiger partial charge in [0.2, 0.25) is 0 Å². The summed E-state index contributed by atoms with van der Waals surface area (Å²) >= 11 is 5.47. The quantitative estimate of drug-likeness (QED) is 0.688. The maximum atomic E-state index is 11.7. The standard InChI is InChI=1S/C13H12O3S2/c1-15-10-4-2-3-9(5-10)7-16-13(14)12-6-11(17)8-18-12/h2-6,8,17H,7H2,1H3. The van der Waals surface area contributed by atoms with Gasteiger partial charge in [0.05, 0.1) is 7.11 Å². The van der Waals surface area contributed by atoms with Gasteiger partial charge in [-0.3, -0.25) is 0 Å². The number of hydrogen-bond acceptors (Lipinski definition) is 5. The second kappa shape index (κ2) is 5.93. The molecule has 0 N–H and O–H groups in total. The lowest BCUT2D eigenvalue weighted by Gasteiger charge is -2.05. The highest BCUT2D eigenvalue weighted by Crippen LogP contribution is 2.19. The van der Waals surface area contributed by atoms with E-state index in [9.17, 15) is 4.79 Å². The van der Waals surface area contributed by atoms with Crippen molar-refractivity contribution in [1.29, 1.82) is 0 Å². The lowest BCUT2D eigenvalue weighted by molar-refractivity contribution is 0.0478. The van der Waals surface area contributed by atoms with Crippen LogP contribution in [0.4, 0.5) is 0 Å². The van der Waals surface area contributed by atoms with E-state index < -0.39 is 0 Å². The van der Waals surface area contributed by atoms with E-state index in [-0.39, 0.29) is 12.6 Å². The zero-order valence-electron chi connectivity index (χ0n) is 9.75. The van der Waals surface area contributed by atoms with Crippen LogP contribution >= 0.6 is 24.0 Å². The summed E-state index contributed by atoms with van der Waals surface area (Å²) in [6.45, 7) is 0.232. The maximum Gasteiger partial charge on any atom is 0.348 e. The van der Waals surface area contributed by atoms with Crippen molar-refractivity contribution in [2.24, 2.45) is 0 Å². The van der Waals surface area contributed by atoms with Gasteiger partial charge in [0.25, 0.3) is 0 Å². The Morgan fingerprint density at radius 1 is 1.39 bits per heavy atom. The van der Waals surface area contributed by atoms with Crippen LogP contribution in [-0.2, 0) is 11.3 Å². The Balaban J connectivity index is 1.97. The fourth-order valence-corrected chi connectivity index (χ4v) is 2.46. The first-order valence-electron chi connectivity index (χ1n) is 5.26. The van der Waals surface area contributed by atoms with Crippen molar-refractivity contribution < 1.29 is 14.3 Å². The van der Waals surface area contributed by atoms with E-state index in [1.165, 1.54) is 11.3 Å². The summed E-state index contributed by atoms with van der Waals surface area (Å²) in [6.07, 6.45) is 0. The third kappa shape index (κ3) is 3.27. The van der Waals surface area contributed by atoms with E-state index in [1.54, 1.807) is 18.6 Å².